The van der Waals surface area contributed by atoms with E-state index in [1.807, 2.05) is 54.6 Å². The number of rotatable bonds is 5. The quantitative estimate of drug-likeness (QED) is 0.800. The van der Waals surface area contributed by atoms with Crippen molar-refractivity contribution >= 4 is 29.1 Å². The first-order chi connectivity index (χ1) is 14.5. The lowest BCUT2D eigenvalue weighted by molar-refractivity contribution is -0.134. The zero-order valence-electron chi connectivity index (χ0n) is 16.7. The molecule has 1 fully saturated rings. The van der Waals surface area contributed by atoms with Crippen LogP contribution in [0.2, 0.25) is 5.02 Å². The van der Waals surface area contributed by atoms with E-state index in [0.717, 1.165) is 16.8 Å². The predicted octanol–water partition coefficient (Wildman–Crippen LogP) is 3.22. The molecule has 1 unspecified atom stereocenters. The molecule has 0 bridgehead atoms. The van der Waals surface area contributed by atoms with Crippen LogP contribution in [-0.4, -0.2) is 47.1 Å². The second kappa shape index (κ2) is 8.98. The van der Waals surface area contributed by atoms with Gasteiger partial charge in [0.15, 0.2) is 0 Å². The summed E-state index contributed by atoms with van der Waals surface area (Å²) in [6, 6.07) is 17.4. The topological polar surface area (TPSA) is 79.0 Å². The zero-order valence-corrected chi connectivity index (χ0v) is 17.5. The molecule has 2 heterocycles. The van der Waals surface area contributed by atoms with Gasteiger partial charge >= 0.3 is 0 Å². The summed E-state index contributed by atoms with van der Waals surface area (Å²) in [6.07, 6.45) is 2.05. The van der Waals surface area contributed by atoms with Crippen LogP contribution >= 0.6 is 11.6 Å². The van der Waals surface area contributed by atoms with Crippen molar-refractivity contribution in [2.45, 2.75) is 25.3 Å². The number of primary amides is 1. The van der Waals surface area contributed by atoms with Crippen molar-refractivity contribution < 1.29 is 9.59 Å². The number of halogens is 1. The number of piperidine rings is 1. The summed E-state index contributed by atoms with van der Waals surface area (Å²) in [6.45, 7) is 1.66. The summed E-state index contributed by atoms with van der Waals surface area (Å²) >= 11 is 6.06. The fourth-order valence-electron chi connectivity index (χ4n) is 4.13. The number of carbonyl (C=O) groups excluding carboxylic acids is 2. The van der Waals surface area contributed by atoms with E-state index < -0.39 is 0 Å². The fourth-order valence-corrected chi connectivity index (χ4v) is 4.26. The van der Waals surface area contributed by atoms with Crippen LogP contribution in [0.25, 0.3) is 0 Å². The number of carbonyl (C=O) groups is 2. The molecule has 0 aromatic heterocycles. The molecule has 1 atom stereocenters. The van der Waals surface area contributed by atoms with Gasteiger partial charge in [0.25, 0.3) is 5.91 Å². The monoisotopic (exact) mass is 424 g/mol. The van der Waals surface area contributed by atoms with Gasteiger partial charge in [-0.3, -0.25) is 14.5 Å². The Hall–Kier alpha value is -2.70. The number of likely N-dealkylation sites (tertiary alicyclic amines) is 1. The summed E-state index contributed by atoms with van der Waals surface area (Å²) in [4.78, 5) is 26.7. The molecule has 30 heavy (non-hydrogen) atoms. The summed E-state index contributed by atoms with van der Waals surface area (Å²) in [7, 11) is 0. The lowest BCUT2D eigenvalue weighted by Gasteiger charge is -2.31. The van der Waals surface area contributed by atoms with Crippen molar-refractivity contribution in [1.82, 2.24) is 9.91 Å². The molecular formula is C23H25ClN4O2. The number of nitrogens with two attached hydrogens (primary N) is 1. The molecule has 0 spiro atoms. The first-order valence-electron chi connectivity index (χ1n) is 10.2. The van der Waals surface area contributed by atoms with Crippen molar-refractivity contribution in [2.75, 3.05) is 19.6 Å². The molecule has 0 radical (unpaired) electrons. The highest BCUT2D eigenvalue weighted by atomic mass is 35.5. The molecule has 2 aliphatic rings. The van der Waals surface area contributed by atoms with Gasteiger partial charge in [0.2, 0.25) is 5.91 Å². The predicted molar refractivity (Wildman–Crippen MR) is 117 cm³/mol. The van der Waals surface area contributed by atoms with Crippen LogP contribution < -0.4 is 5.73 Å². The van der Waals surface area contributed by atoms with Crippen LogP contribution in [0.3, 0.4) is 0 Å². The van der Waals surface area contributed by atoms with Crippen LogP contribution in [-0.2, 0) is 9.59 Å². The van der Waals surface area contributed by atoms with Gasteiger partial charge in [-0.2, -0.15) is 5.10 Å². The number of amides is 2. The van der Waals surface area contributed by atoms with E-state index in [9.17, 15) is 9.59 Å². The smallest absolute Gasteiger partial charge is 0.257 e. The number of benzene rings is 2. The van der Waals surface area contributed by atoms with Crippen molar-refractivity contribution in [1.29, 1.82) is 0 Å². The molecule has 2 aromatic rings. The first-order valence-corrected chi connectivity index (χ1v) is 10.6. The molecule has 156 valence electrons. The molecule has 2 aliphatic heterocycles. The minimum absolute atomic E-state index is 0.0431. The maximum atomic E-state index is 13.2. The van der Waals surface area contributed by atoms with Crippen molar-refractivity contribution in [2.24, 2.45) is 16.8 Å². The Kier molecular flexibility index (Phi) is 6.16. The van der Waals surface area contributed by atoms with Gasteiger partial charge in [0, 0.05) is 17.4 Å². The molecule has 6 nitrogen and oxygen atoms in total. The van der Waals surface area contributed by atoms with E-state index in [1.54, 1.807) is 5.01 Å². The Labute approximate surface area is 181 Å². The third-order valence-corrected chi connectivity index (χ3v) is 6.13. The Morgan fingerprint density at radius 3 is 2.33 bits per heavy atom. The van der Waals surface area contributed by atoms with Crippen molar-refractivity contribution in [3.63, 3.8) is 0 Å². The lowest BCUT2D eigenvalue weighted by atomic mass is 9.96. The largest absolute Gasteiger partial charge is 0.369 e. The lowest BCUT2D eigenvalue weighted by Crippen LogP contribution is -2.43. The van der Waals surface area contributed by atoms with Gasteiger partial charge in [-0.15, -0.1) is 0 Å². The molecule has 2 aromatic carbocycles. The highest BCUT2D eigenvalue weighted by molar-refractivity contribution is 6.30. The summed E-state index contributed by atoms with van der Waals surface area (Å²) in [5.41, 5.74) is 8.35. The Morgan fingerprint density at radius 2 is 1.70 bits per heavy atom. The summed E-state index contributed by atoms with van der Waals surface area (Å²) < 4.78 is 0. The van der Waals surface area contributed by atoms with E-state index >= 15 is 0 Å². The fraction of sp³-hybridized carbons (Fsp3) is 0.348. The molecule has 2 N–H and O–H groups in total. The van der Waals surface area contributed by atoms with E-state index in [4.69, 9.17) is 22.4 Å². The molecule has 0 saturated carbocycles. The minimum atomic E-state index is -0.250. The molecular weight excluding hydrogens is 400 g/mol. The van der Waals surface area contributed by atoms with Crippen LogP contribution in [0.15, 0.2) is 59.7 Å². The number of hydrogen-bond acceptors (Lipinski definition) is 4. The van der Waals surface area contributed by atoms with Gasteiger partial charge < -0.3 is 5.73 Å². The maximum Gasteiger partial charge on any atom is 0.257 e. The van der Waals surface area contributed by atoms with Crippen LogP contribution in [0.5, 0.6) is 0 Å². The van der Waals surface area contributed by atoms with E-state index in [2.05, 4.69) is 4.90 Å². The average molecular weight is 425 g/mol. The third-order valence-electron chi connectivity index (χ3n) is 5.88. The highest BCUT2D eigenvalue weighted by Gasteiger charge is 2.34. The van der Waals surface area contributed by atoms with Gasteiger partial charge in [0.1, 0.15) is 0 Å². The Morgan fingerprint density at radius 1 is 1.03 bits per heavy atom. The van der Waals surface area contributed by atoms with E-state index in [0.29, 0.717) is 37.4 Å². The SMILES string of the molecule is NC(=O)C1CCN(CC(=O)N2N=C(c3ccccc3)CC2c2ccc(Cl)cc2)CC1. The highest BCUT2D eigenvalue weighted by Crippen LogP contribution is 2.33. The van der Waals surface area contributed by atoms with Gasteiger partial charge in [-0.25, -0.2) is 5.01 Å². The van der Waals surface area contributed by atoms with Crippen molar-refractivity contribution in [3.8, 4) is 0 Å². The normalized spacial score (nSPS) is 20.2. The number of hydrazone groups is 1. The Bertz CT molecular complexity index is 937. The standard InChI is InChI=1S/C23H25ClN4O2/c24-19-8-6-17(7-9-19)21-14-20(16-4-2-1-3-5-16)26-28(21)22(29)15-27-12-10-18(11-13-27)23(25)30/h1-9,18,21H,10-15H2,(H2,25,30). The molecule has 0 aliphatic carbocycles. The third kappa shape index (κ3) is 4.55. The molecule has 2 amide bonds. The van der Waals surface area contributed by atoms with Crippen LogP contribution in [0.4, 0.5) is 0 Å². The van der Waals surface area contributed by atoms with Gasteiger partial charge in [-0.1, -0.05) is 54.1 Å². The van der Waals surface area contributed by atoms with E-state index in [-0.39, 0.29) is 30.3 Å². The molecule has 7 heteroatoms. The minimum Gasteiger partial charge on any atom is -0.369 e. The van der Waals surface area contributed by atoms with Crippen LogP contribution in [0, 0.1) is 5.92 Å². The Balaban J connectivity index is 1.52. The zero-order chi connectivity index (χ0) is 21.1. The summed E-state index contributed by atoms with van der Waals surface area (Å²) in [5, 5.41) is 6.99. The first kappa shape index (κ1) is 20.6. The second-order valence-electron chi connectivity index (χ2n) is 7.88. The number of nitrogens with zero attached hydrogens (tertiary/aromatic N) is 3. The van der Waals surface area contributed by atoms with E-state index in [1.165, 1.54) is 0 Å². The summed E-state index contributed by atoms with van der Waals surface area (Å²) in [5.74, 6) is -0.383. The van der Waals surface area contributed by atoms with Gasteiger partial charge in [-0.05, 0) is 49.2 Å². The van der Waals surface area contributed by atoms with Crippen LogP contribution in [0.1, 0.15) is 36.4 Å². The average Bonchev–Trinajstić information content (AvgIpc) is 3.21. The molecule has 4 rings (SSSR count). The maximum absolute atomic E-state index is 13.2. The van der Waals surface area contributed by atoms with Crippen molar-refractivity contribution in [3.05, 3.63) is 70.7 Å². The number of hydrogen-bond donors (Lipinski definition) is 1. The molecule has 1 saturated heterocycles. The van der Waals surface area contributed by atoms with Gasteiger partial charge in [0.05, 0.1) is 18.3 Å². The second-order valence-corrected chi connectivity index (χ2v) is 8.31.